The van der Waals surface area contributed by atoms with Crippen molar-refractivity contribution in [2.45, 2.75) is 44.8 Å². The van der Waals surface area contributed by atoms with E-state index in [0.717, 1.165) is 37.2 Å². The van der Waals surface area contributed by atoms with Crippen LogP contribution in [0.2, 0.25) is 5.02 Å². The summed E-state index contributed by atoms with van der Waals surface area (Å²) in [7, 11) is 1.81. The number of aryl methyl sites for hydroxylation is 2. The van der Waals surface area contributed by atoms with Crippen LogP contribution in [0, 0.1) is 6.92 Å². The molecule has 1 aromatic heterocycles. The zero-order valence-corrected chi connectivity index (χ0v) is 11.1. The molecular weight excluding hydrogens is 241 g/mol. The van der Waals surface area contributed by atoms with Crippen LogP contribution in [0.1, 0.15) is 30.7 Å². The molecule has 2 heterocycles. The summed E-state index contributed by atoms with van der Waals surface area (Å²) >= 11 is 6.13. The molecule has 96 valence electrons. The van der Waals surface area contributed by atoms with E-state index in [1.165, 1.54) is 0 Å². The van der Waals surface area contributed by atoms with Gasteiger partial charge < -0.3 is 5.32 Å². The van der Waals surface area contributed by atoms with Crippen LogP contribution in [0.25, 0.3) is 0 Å². The summed E-state index contributed by atoms with van der Waals surface area (Å²) in [5.74, 6) is 0. The highest BCUT2D eigenvalue weighted by atomic mass is 35.5. The van der Waals surface area contributed by atoms with Crippen molar-refractivity contribution in [3.8, 4) is 0 Å². The second kappa shape index (κ2) is 5.36. The maximum absolute atomic E-state index is 14.2. The van der Waals surface area contributed by atoms with Gasteiger partial charge in [-0.1, -0.05) is 18.0 Å². The van der Waals surface area contributed by atoms with Crippen LogP contribution >= 0.6 is 11.6 Å². The van der Waals surface area contributed by atoms with Gasteiger partial charge >= 0.3 is 0 Å². The van der Waals surface area contributed by atoms with E-state index in [0.29, 0.717) is 11.4 Å². The van der Waals surface area contributed by atoms with Gasteiger partial charge in [-0.15, -0.1) is 0 Å². The van der Waals surface area contributed by atoms with Crippen molar-refractivity contribution >= 4 is 11.6 Å². The van der Waals surface area contributed by atoms with Gasteiger partial charge in [0.1, 0.15) is 6.17 Å². The minimum absolute atomic E-state index is 0.0324. The zero-order chi connectivity index (χ0) is 12.4. The second-order valence-corrected chi connectivity index (χ2v) is 5.12. The summed E-state index contributed by atoms with van der Waals surface area (Å²) in [5.41, 5.74) is 1.57. The first-order valence-electron chi connectivity index (χ1n) is 6.15. The molecule has 2 rings (SSSR count). The molecule has 0 saturated carbocycles. The fourth-order valence-electron chi connectivity index (χ4n) is 2.42. The Hall–Kier alpha value is -0.610. The predicted molar refractivity (Wildman–Crippen MR) is 67.2 cm³/mol. The molecule has 1 aromatic rings. The summed E-state index contributed by atoms with van der Waals surface area (Å²) in [6.45, 7) is 2.77. The lowest BCUT2D eigenvalue weighted by Gasteiger charge is -2.26. The normalized spacial score (nSPS) is 22.7. The number of aromatic nitrogens is 2. The van der Waals surface area contributed by atoms with Gasteiger partial charge in [-0.25, -0.2) is 4.39 Å². The van der Waals surface area contributed by atoms with Crippen molar-refractivity contribution in [3.63, 3.8) is 0 Å². The first-order valence-corrected chi connectivity index (χ1v) is 6.53. The smallest absolute Gasteiger partial charge is 0.121 e. The lowest BCUT2D eigenvalue weighted by atomic mass is 9.98. The molecule has 1 fully saturated rings. The number of hydrogen-bond acceptors (Lipinski definition) is 2. The monoisotopic (exact) mass is 259 g/mol. The molecule has 5 heteroatoms. The van der Waals surface area contributed by atoms with Crippen LogP contribution in [0.5, 0.6) is 0 Å². The number of halogens is 2. The number of hydrogen-bond donors (Lipinski definition) is 1. The highest BCUT2D eigenvalue weighted by Gasteiger charge is 2.25. The molecule has 0 amide bonds. The fraction of sp³-hybridized carbons (Fsp3) is 0.750. The third-order valence-corrected chi connectivity index (χ3v) is 3.93. The number of alkyl halides is 1. The maximum Gasteiger partial charge on any atom is 0.121 e. The van der Waals surface area contributed by atoms with Gasteiger partial charge in [0.2, 0.25) is 0 Å². The molecule has 17 heavy (non-hydrogen) atoms. The second-order valence-electron chi connectivity index (χ2n) is 4.75. The molecule has 3 nitrogen and oxygen atoms in total. The molecular formula is C12H19ClFN3. The van der Waals surface area contributed by atoms with Crippen molar-refractivity contribution in [2.75, 3.05) is 6.54 Å². The van der Waals surface area contributed by atoms with E-state index in [4.69, 9.17) is 11.6 Å². The van der Waals surface area contributed by atoms with E-state index in [1.54, 1.807) is 4.68 Å². The van der Waals surface area contributed by atoms with E-state index < -0.39 is 6.17 Å². The SMILES string of the molecule is Cc1nn(C)c(CC(F)C2CCCCN2)c1Cl. The maximum atomic E-state index is 14.2. The van der Waals surface area contributed by atoms with Crippen molar-refractivity contribution < 1.29 is 4.39 Å². The molecule has 1 saturated heterocycles. The Morgan fingerprint density at radius 2 is 2.35 bits per heavy atom. The Bertz CT molecular complexity index is 385. The van der Waals surface area contributed by atoms with Crippen LogP contribution in [0.3, 0.4) is 0 Å². The molecule has 0 bridgehead atoms. The van der Waals surface area contributed by atoms with Crippen LogP contribution in [-0.4, -0.2) is 28.5 Å². The van der Waals surface area contributed by atoms with Crippen molar-refractivity contribution in [1.82, 2.24) is 15.1 Å². The Balaban J connectivity index is 2.04. The molecule has 0 aliphatic carbocycles. The van der Waals surface area contributed by atoms with Gasteiger partial charge in [0.05, 0.1) is 16.4 Å². The van der Waals surface area contributed by atoms with Gasteiger partial charge in [0, 0.05) is 19.5 Å². The third-order valence-electron chi connectivity index (χ3n) is 3.44. The number of piperidine rings is 1. The average Bonchev–Trinajstić information content (AvgIpc) is 2.57. The highest BCUT2D eigenvalue weighted by Crippen LogP contribution is 2.24. The van der Waals surface area contributed by atoms with Crippen molar-refractivity contribution in [1.29, 1.82) is 0 Å². The molecule has 2 unspecified atom stereocenters. The van der Waals surface area contributed by atoms with Gasteiger partial charge in [-0.2, -0.15) is 5.10 Å². The largest absolute Gasteiger partial charge is 0.311 e. The van der Waals surface area contributed by atoms with Crippen LogP contribution in [0.15, 0.2) is 0 Å². The Kier molecular flexibility index (Phi) is 4.05. The molecule has 0 aromatic carbocycles. The first kappa shape index (κ1) is 12.8. The summed E-state index contributed by atoms with van der Waals surface area (Å²) in [4.78, 5) is 0. The van der Waals surface area contributed by atoms with Crippen LogP contribution < -0.4 is 5.32 Å². The summed E-state index contributed by atoms with van der Waals surface area (Å²) in [5, 5.41) is 8.05. The van der Waals surface area contributed by atoms with Gasteiger partial charge in [-0.05, 0) is 26.3 Å². The molecule has 0 radical (unpaired) electrons. The number of rotatable bonds is 3. The average molecular weight is 260 g/mol. The van der Waals surface area contributed by atoms with E-state index in [-0.39, 0.29) is 6.04 Å². The summed E-state index contributed by atoms with van der Waals surface area (Å²) < 4.78 is 15.9. The van der Waals surface area contributed by atoms with Crippen molar-refractivity contribution in [3.05, 3.63) is 16.4 Å². The predicted octanol–water partition coefficient (Wildman–Crippen LogP) is 2.40. The fourth-order valence-corrected chi connectivity index (χ4v) is 2.65. The zero-order valence-electron chi connectivity index (χ0n) is 10.3. The Morgan fingerprint density at radius 3 is 2.88 bits per heavy atom. The lowest BCUT2D eigenvalue weighted by Crippen LogP contribution is -2.42. The van der Waals surface area contributed by atoms with E-state index in [9.17, 15) is 4.39 Å². The standard InChI is InChI=1S/C12H19ClFN3/c1-8-12(13)11(17(2)16-8)7-9(14)10-5-3-4-6-15-10/h9-10,15H,3-7H2,1-2H3. The van der Waals surface area contributed by atoms with Crippen molar-refractivity contribution in [2.24, 2.45) is 7.05 Å². The third kappa shape index (κ3) is 2.80. The molecule has 1 aliphatic heterocycles. The van der Waals surface area contributed by atoms with Gasteiger partial charge in [0.25, 0.3) is 0 Å². The molecule has 2 atom stereocenters. The number of nitrogens with zero attached hydrogens (tertiary/aromatic N) is 2. The van der Waals surface area contributed by atoms with E-state index >= 15 is 0 Å². The highest BCUT2D eigenvalue weighted by molar-refractivity contribution is 6.31. The van der Waals surface area contributed by atoms with Crippen LogP contribution in [0.4, 0.5) is 4.39 Å². The first-order chi connectivity index (χ1) is 8.09. The topological polar surface area (TPSA) is 29.9 Å². The Morgan fingerprint density at radius 1 is 1.59 bits per heavy atom. The minimum Gasteiger partial charge on any atom is -0.311 e. The quantitative estimate of drug-likeness (QED) is 0.904. The van der Waals surface area contributed by atoms with Crippen LogP contribution in [-0.2, 0) is 13.5 Å². The molecule has 1 N–H and O–H groups in total. The Labute approximate surface area is 106 Å². The van der Waals surface area contributed by atoms with E-state index in [1.807, 2.05) is 14.0 Å². The van der Waals surface area contributed by atoms with Gasteiger partial charge in [-0.3, -0.25) is 4.68 Å². The number of nitrogens with one attached hydrogen (secondary N) is 1. The lowest BCUT2D eigenvalue weighted by molar-refractivity contribution is 0.214. The minimum atomic E-state index is -0.886. The molecule has 1 aliphatic rings. The summed E-state index contributed by atoms with van der Waals surface area (Å²) in [6, 6.07) is -0.0324. The van der Waals surface area contributed by atoms with Gasteiger partial charge in [0.15, 0.2) is 0 Å². The van der Waals surface area contributed by atoms with E-state index in [2.05, 4.69) is 10.4 Å². The summed E-state index contributed by atoms with van der Waals surface area (Å²) in [6.07, 6.45) is 2.62. The molecule has 0 spiro atoms.